The quantitative estimate of drug-likeness (QED) is 0.736. The Kier molecular flexibility index (Phi) is 4.07. The lowest BCUT2D eigenvalue weighted by atomic mass is 9.99. The fourth-order valence-corrected chi connectivity index (χ4v) is 5.27. The van der Waals surface area contributed by atoms with Crippen molar-refractivity contribution >= 4 is 21.6 Å². The molecule has 0 bridgehead atoms. The highest BCUT2D eigenvalue weighted by Crippen LogP contribution is 2.38. The second kappa shape index (κ2) is 7.28. The molecule has 2 amide bonds. The van der Waals surface area contributed by atoms with Crippen LogP contribution in [0.3, 0.4) is 0 Å². The van der Waals surface area contributed by atoms with Crippen LogP contribution in [0.25, 0.3) is 0 Å². The van der Waals surface area contributed by atoms with E-state index in [2.05, 4.69) is 16.1 Å². The number of likely N-dealkylation sites (tertiary alicyclic amines) is 1. The first-order valence-electron chi connectivity index (χ1n) is 11.1. The average molecular weight is 392 g/mol. The van der Waals surface area contributed by atoms with Gasteiger partial charge in [-0.05, 0) is 87.1 Å². The summed E-state index contributed by atoms with van der Waals surface area (Å²) >= 11 is 0. The number of carbonyl (C=O) groups excluding carboxylic acids is 1. The van der Waals surface area contributed by atoms with E-state index in [4.69, 9.17) is 8.89 Å². The number of anilines is 1. The van der Waals surface area contributed by atoms with Crippen molar-refractivity contribution in [1.82, 2.24) is 9.62 Å². The Bertz CT molecular complexity index is 956. The number of hydrogen-bond donors (Lipinski definition) is 3. The Morgan fingerprint density at radius 2 is 1.96 bits per heavy atom. The number of benzene rings is 1. The van der Waals surface area contributed by atoms with Crippen LogP contribution in [0.5, 0.6) is 0 Å². The van der Waals surface area contributed by atoms with E-state index >= 15 is 0 Å². The van der Waals surface area contributed by atoms with E-state index in [0.29, 0.717) is 13.0 Å². The molecule has 1 fully saturated rings. The van der Waals surface area contributed by atoms with Gasteiger partial charge in [0.1, 0.15) is 0 Å². The molecule has 0 spiro atoms. The third-order valence-corrected chi connectivity index (χ3v) is 6.78. The molecule has 2 aliphatic carbocycles. The van der Waals surface area contributed by atoms with Crippen molar-refractivity contribution in [2.75, 3.05) is 18.8 Å². The lowest BCUT2D eigenvalue weighted by molar-refractivity contribution is 0.257. The number of likely N-dealkylation sites (N-methyl/N-ethyl adjacent to an activating group) is 1. The van der Waals surface area contributed by atoms with Crippen LogP contribution >= 0.6 is 0 Å². The Labute approximate surface area is 165 Å². The number of carbonyl (C=O) groups is 1. The second-order valence-electron chi connectivity index (χ2n) is 7.62. The topological polar surface area (TPSA) is 85.3 Å². The summed E-state index contributed by atoms with van der Waals surface area (Å²) in [6.45, 7) is -1.80. The third kappa shape index (κ3) is 3.89. The number of hydrogen-bond acceptors (Lipinski definition) is 4. The van der Waals surface area contributed by atoms with E-state index < -0.39 is 29.0 Å². The zero-order chi connectivity index (χ0) is 21.5. The summed E-state index contributed by atoms with van der Waals surface area (Å²) in [5.74, 6) is 0. The molecule has 1 saturated heterocycles. The van der Waals surface area contributed by atoms with Crippen molar-refractivity contribution in [2.45, 2.75) is 57.4 Å². The van der Waals surface area contributed by atoms with Crippen LogP contribution in [0.1, 0.15) is 52.0 Å². The molecule has 6 nitrogen and oxygen atoms in total. The summed E-state index contributed by atoms with van der Waals surface area (Å²) < 4.78 is 45.6. The number of amides is 2. The van der Waals surface area contributed by atoms with E-state index in [1.807, 2.05) is 0 Å². The zero-order valence-electron chi connectivity index (χ0n) is 18.3. The average Bonchev–Trinajstić information content (AvgIpc) is 3.38. The van der Waals surface area contributed by atoms with E-state index in [1.54, 1.807) is 0 Å². The molecular formula is C20H28N4O2S. The lowest BCUT2D eigenvalue weighted by Gasteiger charge is -2.17. The minimum Gasteiger partial charge on any atom is -0.307 e. The van der Waals surface area contributed by atoms with Gasteiger partial charge in [0.05, 0.1) is 0 Å². The van der Waals surface area contributed by atoms with Crippen LogP contribution < -0.4 is 10.0 Å². The van der Waals surface area contributed by atoms with Gasteiger partial charge in [0.25, 0.3) is 0 Å². The number of nitrogens with zero attached hydrogens (tertiary/aromatic N) is 1. The monoisotopic (exact) mass is 391 g/mol. The molecule has 0 radical (unpaired) electrons. The minimum atomic E-state index is -3.54. The van der Waals surface area contributed by atoms with E-state index in [1.165, 1.54) is 22.1 Å². The first kappa shape index (κ1) is 15.1. The molecule has 1 heterocycles. The SMILES string of the molecule is [2H]C([2H])([2H])N1CCC[C@H]1/C=C/S(=N)(=O)NC(=O)Nc1c2c(cc3c1CCC3)CCC2. The van der Waals surface area contributed by atoms with Gasteiger partial charge in [0, 0.05) is 21.2 Å². The van der Waals surface area contributed by atoms with Gasteiger partial charge < -0.3 is 5.32 Å². The highest BCUT2D eigenvalue weighted by atomic mass is 32.2. The molecule has 146 valence electrons. The van der Waals surface area contributed by atoms with Crippen LogP contribution in [0.15, 0.2) is 17.6 Å². The van der Waals surface area contributed by atoms with Crippen LogP contribution in [0.2, 0.25) is 0 Å². The van der Waals surface area contributed by atoms with Gasteiger partial charge in [-0.1, -0.05) is 12.1 Å². The molecule has 1 aromatic carbocycles. The second-order valence-corrected chi connectivity index (χ2v) is 9.30. The minimum absolute atomic E-state index is 0.408. The van der Waals surface area contributed by atoms with Gasteiger partial charge in [-0.3, -0.25) is 4.90 Å². The Hall–Kier alpha value is -1.86. The van der Waals surface area contributed by atoms with Crippen molar-refractivity contribution < 1.29 is 13.1 Å². The Balaban J connectivity index is 1.46. The number of fused-ring (bicyclic) bond motifs is 2. The molecule has 0 aromatic heterocycles. The largest absolute Gasteiger partial charge is 0.331 e. The Morgan fingerprint density at radius 1 is 1.26 bits per heavy atom. The van der Waals surface area contributed by atoms with Crippen molar-refractivity contribution in [3.8, 4) is 0 Å². The predicted molar refractivity (Wildman–Crippen MR) is 108 cm³/mol. The first-order valence-corrected chi connectivity index (χ1v) is 11.3. The first-order chi connectivity index (χ1) is 14.1. The predicted octanol–water partition coefficient (Wildman–Crippen LogP) is 3.36. The molecular weight excluding hydrogens is 360 g/mol. The maximum absolute atomic E-state index is 12.6. The maximum atomic E-state index is 12.6. The standard InChI is InChI=1S/C20H28N4O2S/c1-24-11-4-7-16(24)10-12-27(21,26)23-20(25)22-19-17-8-2-5-14(17)13-15-6-3-9-18(15)19/h10,12-13,16H,2-9,11H2,1H3,(H3,21,22,23,25,26)/b12-10+/t16-,27?/m0/s1/i1D3. The Morgan fingerprint density at radius 3 is 2.63 bits per heavy atom. The zero-order valence-corrected chi connectivity index (χ0v) is 16.2. The highest BCUT2D eigenvalue weighted by molar-refractivity contribution is 7.93. The molecule has 1 aromatic rings. The normalized spacial score (nSPS) is 26.1. The van der Waals surface area contributed by atoms with Gasteiger partial charge in [0.2, 0.25) is 0 Å². The molecule has 2 atom stereocenters. The van der Waals surface area contributed by atoms with Crippen molar-refractivity contribution in [3.05, 3.63) is 39.8 Å². The van der Waals surface area contributed by atoms with Crippen LogP contribution in [-0.2, 0) is 35.6 Å². The number of urea groups is 1. The summed E-state index contributed by atoms with van der Waals surface area (Å²) in [5.41, 5.74) is 5.72. The molecule has 4 rings (SSSR count). The molecule has 7 heteroatoms. The van der Waals surface area contributed by atoms with Gasteiger partial charge in [-0.15, -0.1) is 0 Å². The number of rotatable bonds is 4. The summed E-state index contributed by atoms with van der Waals surface area (Å²) in [7, 11) is -3.54. The van der Waals surface area contributed by atoms with Crippen molar-refractivity contribution in [3.63, 3.8) is 0 Å². The van der Waals surface area contributed by atoms with Crippen LogP contribution in [0, 0.1) is 4.78 Å². The molecule has 1 aliphatic heterocycles. The van der Waals surface area contributed by atoms with E-state index in [9.17, 15) is 9.00 Å². The van der Waals surface area contributed by atoms with Crippen molar-refractivity contribution in [2.24, 2.45) is 0 Å². The van der Waals surface area contributed by atoms with Crippen LogP contribution in [0.4, 0.5) is 10.5 Å². The molecule has 0 saturated carbocycles. The summed E-state index contributed by atoms with van der Waals surface area (Å²) in [4.78, 5) is 13.9. The fraction of sp³-hybridized carbons (Fsp3) is 0.550. The molecule has 27 heavy (non-hydrogen) atoms. The third-order valence-electron chi connectivity index (χ3n) is 5.75. The van der Waals surface area contributed by atoms with Gasteiger partial charge in [-0.25, -0.2) is 18.5 Å². The lowest BCUT2D eigenvalue weighted by Crippen LogP contribution is -2.33. The summed E-state index contributed by atoms with van der Waals surface area (Å²) in [6.07, 6.45) is 8.82. The van der Waals surface area contributed by atoms with Gasteiger partial charge >= 0.3 is 6.03 Å². The smallest absolute Gasteiger partial charge is 0.307 e. The number of aryl methyl sites for hydroxylation is 2. The van der Waals surface area contributed by atoms with Gasteiger partial charge in [0.15, 0.2) is 9.92 Å². The molecule has 1 unspecified atom stereocenters. The number of nitrogens with one attached hydrogen (secondary N) is 3. The van der Waals surface area contributed by atoms with Gasteiger partial charge in [-0.2, -0.15) is 0 Å². The summed E-state index contributed by atoms with van der Waals surface area (Å²) in [5, 5.41) is 4.00. The molecule has 3 N–H and O–H groups in total. The highest BCUT2D eigenvalue weighted by Gasteiger charge is 2.25. The van der Waals surface area contributed by atoms with E-state index in [-0.39, 0.29) is 0 Å². The van der Waals surface area contributed by atoms with Crippen molar-refractivity contribution in [1.29, 1.82) is 4.78 Å². The fourth-order valence-electron chi connectivity index (χ4n) is 4.47. The maximum Gasteiger partial charge on any atom is 0.331 e. The van der Waals surface area contributed by atoms with Crippen LogP contribution in [-0.4, -0.2) is 34.7 Å². The summed E-state index contributed by atoms with van der Waals surface area (Å²) in [6, 6.07) is 1.20. The molecule has 3 aliphatic rings. The van der Waals surface area contributed by atoms with E-state index in [0.717, 1.165) is 67.2 Å².